The van der Waals surface area contributed by atoms with E-state index in [0.717, 1.165) is 31.4 Å². The van der Waals surface area contributed by atoms with Crippen LogP contribution in [0, 0.1) is 3.57 Å². The maximum Gasteiger partial charge on any atom is 0.363 e. The molecule has 4 aromatic rings. The molecule has 0 aliphatic carbocycles. The molecule has 0 radical (unpaired) electrons. The first-order valence-electron chi connectivity index (χ1n) is 12.0. The molecule has 0 fully saturated rings. The van der Waals surface area contributed by atoms with Crippen LogP contribution in [0.15, 0.2) is 102 Å². The van der Waals surface area contributed by atoms with Crippen molar-refractivity contribution in [1.29, 1.82) is 0 Å². The van der Waals surface area contributed by atoms with E-state index in [1.165, 1.54) is 0 Å². The van der Waals surface area contributed by atoms with Crippen molar-refractivity contribution >= 4 is 52.1 Å². The summed E-state index contributed by atoms with van der Waals surface area (Å²) in [6.07, 6.45) is 1.70. The number of carbonyl (C=O) groups is 1. The molecule has 0 amide bonds. The average molecular weight is 636 g/mol. The molecule has 0 saturated carbocycles. The molecule has 1 aliphatic heterocycles. The van der Waals surface area contributed by atoms with Gasteiger partial charge in [0.1, 0.15) is 6.61 Å². The van der Waals surface area contributed by atoms with Crippen LogP contribution in [0.25, 0.3) is 17.2 Å². The summed E-state index contributed by atoms with van der Waals surface area (Å²) in [7, 11) is 0. The second-order valence-electron chi connectivity index (χ2n) is 8.46. The van der Waals surface area contributed by atoms with Crippen molar-refractivity contribution in [2.24, 2.45) is 4.99 Å². The smallest absolute Gasteiger partial charge is 0.363 e. The Labute approximate surface area is 239 Å². The van der Waals surface area contributed by atoms with Gasteiger partial charge in [-0.1, -0.05) is 66.2 Å². The highest BCUT2D eigenvalue weighted by molar-refractivity contribution is 14.1. The Hall–Kier alpha value is -3.62. The van der Waals surface area contributed by atoms with Gasteiger partial charge in [-0.05, 0) is 94.2 Å². The number of esters is 1. The van der Waals surface area contributed by atoms with Crippen molar-refractivity contribution < 1.29 is 19.0 Å². The third-order valence-electron chi connectivity index (χ3n) is 5.79. The van der Waals surface area contributed by atoms with Crippen molar-refractivity contribution in [2.75, 3.05) is 6.61 Å². The summed E-state index contributed by atoms with van der Waals surface area (Å²) in [6, 6.07) is 29.1. The van der Waals surface area contributed by atoms with Crippen molar-refractivity contribution in [1.82, 2.24) is 0 Å². The molecule has 5 nitrogen and oxygen atoms in total. The highest BCUT2D eigenvalue weighted by Gasteiger charge is 2.24. The number of hydrogen-bond donors (Lipinski definition) is 0. The van der Waals surface area contributed by atoms with Crippen LogP contribution in [0.2, 0.25) is 5.02 Å². The molecule has 0 bridgehead atoms. The maximum absolute atomic E-state index is 12.6. The molecule has 0 aromatic heterocycles. The molecular weight excluding hydrogens is 613 g/mol. The Balaban J connectivity index is 1.37. The minimum Gasteiger partial charge on any atom is -0.490 e. The molecule has 0 atom stereocenters. The molecule has 0 spiro atoms. The monoisotopic (exact) mass is 635 g/mol. The number of nitrogens with zero attached hydrogens (tertiary/aromatic N) is 1. The lowest BCUT2D eigenvalue weighted by atomic mass is 10.0. The zero-order chi connectivity index (χ0) is 26.5. The van der Waals surface area contributed by atoms with E-state index in [0.29, 0.717) is 29.7 Å². The summed E-state index contributed by atoms with van der Waals surface area (Å²) in [5.41, 5.74) is 4.90. The predicted molar refractivity (Wildman–Crippen MR) is 159 cm³/mol. The summed E-state index contributed by atoms with van der Waals surface area (Å²) in [5.74, 6) is 1.01. The van der Waals surface area contributed by atoms with Gasteiger partial charge in [-0.25, -0.2) is 9.79 Å². The molecule has 7 heteroatoms. The van der Waals surface area contributed by atoms with E-state index in [1.807, 2.05) is 85.8 Å². The highest BCUT2D eigenvalue weighted by Crippen LogP contribution is 2.36. The lowest BCUT2D eigenvalue weighted by molar-refractivity contribution is -0.129. The third kappa shape index (κ3) is 6.09. The van der Waals surface area contributed by atoms with Crippen LogP contribution in [0.3, 0.4) is 0 Å². The zero-order valence-electron chi connectivity index (χ0n) is 20.5. The minimum absolute atomic E-state index is 0.222. The minimum atomic E-state index is -0.497. The van der Waals surface area contributed by atoms with Gasteiger partial charge >= 0.3 is 5.97 Å². The molecule has 0 saturated heterocycles. The van der Waals surface area contributed by atoms with Crippen LogP contribution >= 0.6 is 34.2 Å². The zero-order valence-corrected chi connectivity index (χ0v) is 23.4. The Morgan fingerprint density at radius 1 is 0.895 bits per heavy atom. The van der Waals surface area contributed by atoms with Crippen molar-refractivity contribution in [3.63, 3.8) is 0 Å². The van der Waals surface area contributed by atoms with Gasteiger partial charge < -0.3 is 14.2 Å². The second-order valence-corrected chi connectivity index (χ2v) is 10.1. The van der Waals surface area contributed by atoms with Crippen molar-refractivity contribution in [3.8, 4) is 22.6 Å². The summed E-state index contributed by atoms with van der Waals surface area (Å²) in [6.45, 7) is 2.75. The number of hydrogen-bond acceptors (Lipinski definition) is 5. The van der Waals surface area contributed by atoms with Gasteiger partial charge in [0, 0.05) is 10.6 Å². The van der Waals surface area contributed by atoms with Crippen LogP contribution in [0.5, 0.6) is 11.5 Å². The molecular formula is C31H23ClINO4. The number of halogens is 2. The van der Waals surface area contributed by atoms with Gasteiger partial charge in [-0.3, -0.25) is 0 Å². The van der Waals surface area contributed by atoms with Gasteiger partial charge in [0.25, 0.3) is 0 Å². The number of cyclic esters (lactones) is 1. The molecule has 4 aromatic carbocycles. The van der Waals surface area contributed by atoms with E-state index in [-0.39, 0.29) is 11.6 Å². The molecule has 38 heavy (non-hydrogen) atoms. The number of aliphatic imine (C=N–C) groups is 1. The fraction of sp³-hybridized carbons (Fsp3) is 0.0968. The Kier molecular flexibility index (Phi) is 8.10. The van der Waals surface area contributed by atoms with Gasteiger partial charge in [-0.2, -0.15) is 0 Å². The van der Waals surface area contributed by atoms with E-state index in [2.05, 4.69) is 39.7 Å². The number of rotatable bonds is 8. The fourth-order valence-electron chi connectivity index (χ4n) is 3.94. The van der Waals surface area contributed by atoms with E-state index in [4.69, 9.17) is 25.8 Å². The summed E-state index contributed by atoms with van der Waals surface area (Å²) < 4.78 is 18.3. The summed E-state index contributed by atoms with van der Waals surface area (Å²) in [5, 5.41) is 0.677. The molecule has 1 heterocycles. The number of ether oxygens (including phenoxy) is 3. The lowest BCUT2D eigenvalue weighted by Crippen LogP contribution is -2.05. The normalized spacial score (nSPS) is 13.8. The van der Waals surface area contributed by atoms with Gasteiger partial charge in [-0.15, -0.1) is 0 Å². The number of benzene rings is 4. The quantitative estimate of drug-likeness (QED) is 0.112. The van der Waals surface area contributed by atoms with Gasteiger partial charge in [0.2, 0.25) is 5.90 Å². The Morgan fingerprint density at radius 3 is 2.29 bits per heavy atom. The molecule has 5 rings (SSSR count). The van der Waals surface area contributed by atoms with E-state index in [1.54, 1.807) is 6.08 Å². The largest absolute Gasteiger partial charge is 0.490 e. The third-order valence-corrected chi connectivity index (χ3v) is 6.84. The van der Waals surface area contributed by atoms with Crippen LogP contribution in [0.1, 0.15) is 23.6 Å². The SMILES string of the molecule is CCOc1cc(/C=C2\N=C(c3ccc(-c4ccccc4)cc3)OC2=O)cc(I)c1OCc1ccc(Cl)cc1. The summed E-state index contributed by atoms with van der Waals surface area (Å²) >= 11 is 8.19. The van der Waals surface area contributed by atoms with E-state index < -0.39 is 5.97 Å². The first-order valence-corrected chi connectivity index (χ1v) is 13.5. The van der Waals surface area contributed by atoms with Crippen LogP contribution in [-0.2, 0) is 16.1 Å². The average Bonchev–Trinajstić information content (AvgIpc) is 3.30. The van der Waals surface area contributed by atoms with Crippen LogP contribution in [-0.4, -0.2) is 18.5 Å². The predicted octanol–water partition coefficient (Wildman–Crippen LogP) is 7.93. The van der Waals surface area contributed by atoms with Crippen LogP contribution in [0.4, 0.5) is 0 Å². The molecule has 190 valence electrons. The topological polar surface area (TPSA) is 57.1 Å². The summed E-state index contributed by atoms with van der Waals surface area (Å²) in [4.78, 5) is 17.1. The molecule has 1 aliphatic rings. The van der Waals surface area contributed by atoms with Crippen molar-refractivity contribution in [3.05, 3.63) is 122 Å². The molecule has 0 unspecified atom stereocenters. The first kappa shape index (κ1) is 26.0. The van der Waals surface area contributed by atoms with Crippen molar-refractivity contribution in [2.45, 2.75) is 13.5 Å². The Morgan fingerprint density at radius 2 is 1.58 bits per heavy atom. The van der Waals surface area contributed by atoms with E-state index in [9.17, 15) is 4.79 Å². The maximum atomic E-state index is 12.6. The van der Waals surface area contributed by atoms with Gasteiger partial charge in [0.05, 0.1) is 10.2 Å². The highest BCUT2D eigenvalue weighted by atomic mass is 127. The second kappa shape index (κ2) is 11.8. The van der Waals surface area contributed by atoms with E-state index >= 15 is 0 Å². The Bertz CT molecular complexity index is 1510. The fourth-order valence-corrected chi connectivity index (χ4v) is 4.84. The first-order chi connectivity index (χ1) is 18.5. The molecule has 0 N–H and O–H groups in total. The van der Waals surface area contributed by atoms with Gasteiger partial charge in [0.15, 0.2) is 17.2 Å². The standard InChI is InChI=1S/C31H23ClINO4/c1-2-36-28-18-21(16-26(33)29(28)37-19-20-8-14-25(32)15-9-20)17-27-31(35)38-30(34-27)24-12-10-23(11-13-24)22-6-4-3-5-7-22/h3-18H,2,19H2,1H3/b27-17-. The number of carbonyl (C=O) groups excluding carboxylic acids is 1. The lowest BCUT2D eigenvalue weighted by Gasteiger charge is -2.15. The van der Waals surface area contributed by atoms with Crippen LogP contribution < -0.4 is 9.47 Å².